The molecule has 2 aromatic heterocycles. The molecule has 1 saturated heterocycles. The quantitative estimate of drug-likeness (QED) is 0.906. The van der Waals surface area contributed by atoms with E-state index in [-0.39, 0.29) is 5.91 Å². The Morgan fingerprint density at radius 2 is 2.23 bits per heavy atom. The van der Waals surface area contributed by atoms with Gasteiger partial charge in [0.1, 0.15) is 11.5 Å². The van der Waals surface area contributed by atoms with Gasteiger partial charge in [0.2, 0.25) is 0 Å². The number of nitrogens with one attached hydrogen (secondary N) is 2. The fourth-order valence-electron chi connectivity index (χ4n) is 2.93. The lowest BCUT2D eigenvalue weighted by molar-refractivity contribution is 0.0685. The van der Waals surface area contributed by atoms with Crippen molar-refractivity contribution in [3.8, 4) is 11.5 Å². The third-order valence-electron chi connectivity index (χ3n) is 4.20. The summed E-state index contributed by atoms with van der Waals surface area (Å²) in [5.41, 5.74) is 1.19. The van der Waals surface area contributed by atoms with Crippen LogP contribution in [-0.4, -0.2) is 47.7 Å². The summed E-state index contributed by atoms with van der Waals surface area (Å²) >= 11 is 0. The molecule has 3 heterocycles. The summed E-state index contributed by atoms with van der Waals surface area (Å²) in [5.74, 6) is 2.20. The van der Waals surface area contributed by atoms with Crippen molar-refractivity contribution < 1.29 is 9.21 Å². The minimum absolute atomic E-state index is 0.00585. The van der Waals surface area contributed by atoms with Crippen LogP contribution in [0.25, 0.3) is 11.5 Å². The molecule has 6 nitrogen and oxygen atoms in total. The highest BCUT2D eigenvalue weighted by Gasteiger charge is 2.25. The topological polar surface area (TPSA) is 74.2 Å². The van der Waals surface area contributed by atoms with Crippen LogP contribution in [-0.2, 0) is 0 Å². The van der Waals surface area contributed by atoms with Crippen LogP contribution in [0.3, 0.4) is 0 Å². The van der Waals surface area contributed by atoms with Gasteiger partial charge >= 0.3 is 0 Å². The average molecular weight is 302 g/mol. The lowest BCUT2D eigenvalue weighted by Gasteiger charge is -2.31. The van der Waals surface area contributed by atoms with E-state index in [0.29, 0.717) is 17.4 Å². The van der Waals surface area contributed by atoms with E-state index < -0.39 is 0 Å². The molecule has 3 rings (SSSR count). The molecular weight excluding hydrogens is 280 g/mol. The van der Waals surface area contributed by atoms with Crippen molar-refractivity contribution in [2.45, 2.75) is 19.8 Å². The fourth-order valence-corrected chi connectivity index (χ4v) is 2.93. The van der Waals surface area contributed by atoms with Gasteiger partial charge < -0.3 is 14.6 Å². The molecule has 0 spiro atoms. The molecule has 118 valence electrons. The zero-order chi connectivity index (χ0) is 15.5. The maximum atomic E-state index is 12.5. The molecule has 22 heavy (non-hydrogen) atoms. The van der Waals surface area contributed by atoms with E-state index in [1.807, 2.05) is 31.0 Å². The average Bonchev–Trinajstić information content (AvgIpc) is 3.16. The molecular formula is C16H22N4O2. The highest BCUT2D eigenvalue weighted by atomic mass is 16.3. The number of hydrogen-bond donors (Lipinski definition) is 2. The number of rotatable bonds is 4. The first kappa shape index (κ1) is 14.8. The molecule has 2 aromatic rings. The van der Waals surface area contributed by atoms with Gasteiger partial charge in [-0.25, -0.2) is 0 Å². The van der Waals surface area contributed by atoms with Gasteiger partial charge in [-0.05, 0) is 51.4 Å². The summed E-state index contributed by atoms with van der Waals surface area (Å²) < 4.78 is 5.55. The van der Waals surface area contributed by atoms with Gasteiger partial charge in [-0.2, -0.15) is 5.10 Å². The zero-order valence-corrected chi connectivity index (χ0v) is 13.1. The number of aryl methyl sites for hydroxylation is 1. The van der Waals surface area contributed by atoms with Gasteiger partial charge in [0.25, 0.3) is 5.91 Å². The monoisotopic (exact) mass is 302 g/mol. The van der Waals surface area contributed by atoms with Crippen molar-refractivity contribution in [2.75, 3.05) is 26.7 Å². The smallest absolute Gasteiger partial charge is 0.274 e. The number of hydrogen-bond acceptors (Lipinski definition) is 4. The van der Waals surface area contributed by atoms with Crippen molar-refractivity contribution in [3.63, 3.8) is 0 Å². The number of amides is 1. The van der Waals surface area contributed by atoms with Crippen LogP contribution >= 0.6 is 0 Å². The summed E-state index contributed by atoms with van der Waals surface area (Å²) in [6.45, 7) is 4.51. The molecule has 0 bridgehead atoms. The first-order valence-corrected chi connectivity index (χ1v) is 7.73. The molecule has 1 amide bonds. The molecule has 6 heteroatoms. The summed E-state index contributed by atoms with van der Waals surface area (Å²) in [4.78, 5) is 14.4. The number of furan rings is 1. The van der Waals surface area contributed by atoms with Crippen LogP contribution in [0.4, 0.5) is 0 Å². The Balaban J connectivity index is 1.65. The second-order valence-electron chi connectivity index (χ2n) is 5.87. The minimum Gasteiger partial charge on any atom is -0.460 e. The van der Waals surface area contributed by atoms with Crippen molar-refractivity contribution in [3.05, 3.63) is 29.7 Å². The summed E-state index contributed by atoms with van der Waals surface area (Å²) in [6.07, 6.45) is 2.09. The first-order valence-electron chi connectivity index (χ1n) is 7.73. The van der Waals surface area contributed by atoms with Gasteiger partial charge in [-0.3, -0.25) is 9.89 Å². The number of aromatic nitrogens is 2. The van der Waals surface area contributed by atoms with Gasteiger partial charge in [-0.1, -0.05) is 0 Å². The molecule has 0 saturated carbocycles. The molecule has 0 unspecified atom stereocenters. The predicted molar refractivity (Wildman–Crippen MR) is 83.6 cm³/mol. The van der Waals surface area contributed by atoms with E-state index in [1.165, 1.54) is 0 Å². The molecule has 0 aliphatic carbocycles. The molecule has 0 atom stereocenters. The molecule has 1 aliphatic heterocycles. The largest absolute Gasteiger partial charge is 0.460 e. The summed E-state index contributed by atoms with van der Waals surface area (Å²) in [7, 11) is 1.97. The van der Waals surface area contributed by atoms with Crippen LogP contribution < -0.4 is 5.32 Å². The van der Waals surface area contributed by atoms with Crippen LogP contribution in [0.1, 0.15) is 29.1 Å². The van der Waals surface area contributed by atoms with Crippen molar-refractivity contribution in [2.24, 2.45) is 5.92 Å². The van der Waals surface area contributed by atoms with Crippen molar-refractivity contribution in [1.29, 1.82) is 0 Å². The second kappa shape index (κ2) is 6.36. The molecule has 1 fully saturated rings. The SMILES string of the molecule is CNCC1CCN(C(=O)c2cc(-c3ccc(C)o3)[nH]n2)CC1. The van der Waals surface area contributed by atoms with Gasteiger partial charge in [-0.15, -0.1) is 0 Å². The van der Waals surface area contributed by atoms with E-state index in [4.69, 9.17) is 4.42 Å². The molecule has 0 radical (unpaired) electrons. The van der Waals surface area contributed by atoms with Crippen LogP contribution in [0.5, 0.6) is 0 Å². The Morgan fingerprint density at radius 1 is 1.45 bits per heavy atom. The number of H-pyrrole nitrogens is 1. The van der Waals surface area contributed by atoms with E-state index >= 15 is 0 Å². The zero-order valence-electron chi connectivity index (χ0n) is 13.1. The van der Waals surface area contributed by atoms with Gasteiger partial charge in [0, 0.05) is 19.2 Å². The Labute approximate surface area is 129 Å². The number of likely N-dealkylation sites (tertiary alicyclic amines) is 1. The van der Waals surface area contributed by atoms with Gasteiger partial charge in [0.05, 0.1) is 0 Å². The standard InChI is InChI=1S/C16H22N4O2/c1-11-3-4-15(22-11)13-9-14(19-18-13)16(21)20-7-5-12(6-8-20)10-17-2/h3-4,9,12,17H,5-8,10H2,1-2H3,(H,18,19). The van der Waals surface area contributed by atoms with Crippen molar-refractivity contribution in [1.82, 2.24) is 20.4 Å². The molecule has 1 aliphatic rings. The first-order chi connectivity index (χ1) is 10.7. The lowest BCUT2D eigenvalue weighted by atomic mass is 9.96. The second-order valence-corrected chi connectivity index (χ2v) is 5.87. The number of carbonyl (C=O) groups excluding carboxylic acids is 1. The summed E-state index contributed by atoms with van der Waals surface area (Å²) in [6, 6.07) is 5.53. The van der Waals surface area contributed by atoms with E-state index in [9.17, 15) is 4.79 Å². The maximum absolute atomic E-state index is 12.5. The maximum Gasteiger partial charge on any atom is 0.274 e. The minimum atomic E-state index is -0.00585. The normalized spacial score (nSPS) is 16.2. The lowest BCUT2D eigenvalue weighted by Crippen LogP contribution is -2.40. The Kier molecular flexibility index (Phi) is 4.29. The van der Waals surface area contributed by atoms with E-state index in [1.54, 1.807) is 6.07 Å². The summed E-state index contributed by atoms with van der Waals surface area (Å²) in [5, 5.41) is 10.2. The Morgan fingerprint density at radius 3 is 2.86 bits per heavy atom. The van der Waals surface area contributed by atoms with Crippen LogP contribution in [0, 0.1) is 12.8 Å². The number of aromatic amines is 1. The third-order valence-corrected chi connectivity index (χ3v) is 4.20. The molecule has 2 N–H and O–H groups in total. The third kappa shape index (κ3) is 3.06. The number of nitrogens with zero attached hydrogens (tertiary/aromatic N) is 2. The van der Waals surface area contributed by atoms with E-state index in [2.05, 4.69) is 15.5 Å². The van der Waals surface area contributed by atoms with Gasteiger partial charge in [0.15, 0.2) is 11.5 Å². The van der Waals surface area contributed by atoms with Crippen LogP contribution in [0.15, 0.2) is 22.6 Å². The number of carbonyl (C=O) groups is 1. The number of piperidine rings is 1. The highest BCUT2D eigenvalue weighted by Crippen LogP contribution is 2.22. The van der Waals surface area contributed by atoms with E-state index in [0.717, 1.165) is 43.9 Å². The van der Waals surface area contributed by atoms with Crippen molar-refractivity contribution >= 4 is 5.91 Å². The highest BCUT2D eigenvalue weighted by molar-refractivity contribution is 5.93. The Hall–Kier alpha value is -2.08. The Bertz CT molecular complexity index is 638. The molecule has 0 aromatic carbocycles. The van der Waals surface area contributed by atoms with Crippen LogP contribution in [0.2, 0.25) is 0 Å². The fraction of sp³-hybridized carbons (Fsp3) is 0.500. The predicted octanol–water partition coefficient (Wildman–Crippen LogP) is 2.05.